The Morgan fingerprint density at radius 2 is 1.76 bits per heavy atom. The normalized spacial score (nSPS) is 14.7. The van der Waals surface area contributed by atoms with E-state index in [4.69, 9.17) is 4.74 Å². The molecule has 21 heavy (non-hydrogen) atoms. The molecular weight excluding hydrogens is 285 g/mol. The van der Waals surface area contributed by atoms with Gasteiger partial charge in [-0.05, 0) is 38.7 Å². The molecule has 0 aliphatic carbocycles. The van der Waals surface area contributed by atoms with Gasteiger partial charge in [0.1, 0.15) is 5.75 Å². The van der Waals surface area contributed by atoms with Crippen molar-refractivity contribution in [1.82, 2.24) is 10.2 Å². The molecule has 7 heteroatoms. The maximum Gasteiger partial charge on any atom is 0.412 e. The molecule has 0 bridgehead atoms. The van der Waals surface area contributed by atoms with Gasteiger partial charge in [0.05, 0.1) is 13.2 Å². The number of methoxy groups -OCH3 is 1. The molecule has 0 saturated heterocycles. The number of amides is 1. The first kappa shape index (κ1) is 17.3. The molecule has 1 rings (SSSR count). The molecule has 4 nitrogen and oxygen atoms in total. The minimum Gasteiger partial charge on any atom is -0.497 e. The van der Waals surface area contributed by atoms with Crippen LogP contribution in [0, 0.1) is 0 Å². The van der Waals surface area contributed by atoms with Crippen molar-refractivity contribution in [3.8, 4) is 5.75 Å². The van der Waals surface area contributed by atoms with Crippen LogP contribution in [0.2, 0.25) is 0 Å². The third-order valence-corrected chi connectivity index (χ3v) is 3.22. The number of carbonyl (C=O) groups is 1. The van der Waals surface area contributed by atoms with Crippen molar-refractivity contribution in [2.45, 2.75) is 25.2 Å². The zero-order valence-corrected chi connectivity index (χ0v) is 12.4. The van der Waals surface area contributed by atoms with E-state index in [9.17, 15) is 18.0 Å². The van der Waals surface area contributed by atoms with E-state index >= 15 is 0 Å². The summed E-state index contributed by atoms with van der Waals surface area (Å²) in [4.78, 5) is 13.4. The number of likely N-dealkylation sites (N-methyl/N-ethyl adjacent to an activating group) is 1. The Bertz CT molecular complexity index is 472. The summed E-state index contributed by atoms with van der Waals surface area (Å²) in [7, 11) is 4.68. The number of rotatable bonds is 5. The minimum absolute atomic E-state index is 0.0393. The fourth-order valence-electron chi connectivity index (χ4n) is 1.65. The van der Waals surface area contributed by atoms with Crippen LogP contribution >= 0.6 is 0 Å². The highest BCUT2D eigenvalue weighted by atomic mass is 19.4. The Morgan fingerprint density at radius 1 is 1.24 bits per heavy atom. The molecule has 0 aromatic heterocycles. The predicted molar refractivity (Wildman–Crippen MR) is 73.1 cm³/mol. The molecule has 1 aromatic rings. The van der Waals surface area contributed by atoms with Crippen LogP contribution in [0.25, 0.3) is 0 Å². The lowest BCUT2D eigenvalue weighted by atomic mass is 10.1. The van der Waals surface area contributed by atoms with Crippen molar-refractivity contribution in [2.24, 2.45) is 0 Å². The van der Waals surface area contributed by atoms with Gasteiger partial charge >= 0.3 is 6.18 Å². The maximum absolute atomic E-state index is 13.2. The van der Waals surface area contributed by atoms with Gasteiger partial charge in [0.15, 0.2) is 6.04 Å². The van der Waals surface area contributed by atoms with Crippen molar-refractivity contribution in [3.05, 3.63) is 29.8 Å². The largest absolute Gasteiger partial charge is 0.497 e. The SMILES string of the molecule is COc1ccc([C@@H](NC(=O)[C@H](C)N(C)C)C(F)(F)F)cc1. The lowest BCUT2D eigenvalue weighted by Crippen LogP contribution is -2.46. The number of nitrogens with zero attached hydrogens (tertiary/aromatic N) is 1. The van der Waals surface area contributed by atoms with E-state index in [1.807, 2.05) is 5.32 Å². The molecule has 2 atom stereocenters. The van der Waals surface area contributed by atoms with Crippen LogP contribution < -0.4 is 10.1 Å². The Morgan fingerprint density at radius 3 is 2.14 bits per heavy atom. The topological polar surface area (TPSA) is 41.6 Å². The highest BCUT2D eigenvalue weighted by molar-refractivity contribution is 5.81. The standard InChI is InChI=1S/C14H19F3N2O2/c1-9(19(2)3)13(20)18-12(14(15,16)17)10-5-7-11(21-4)8-6-10/h5-9,12H,1-4H3,(H,18,20)/t9-,12+/m0/s1. The quantitative estimate of drug-likeness (QED) is 0.908. The van der Waals surface area contributed by atoms with Gasteiger partial charge < -0.3 is 10.1 Å². The average Bonchev–Trinajstić information content (AvgIpc) is 2.42. The molecular formula is C14H19F3N2O2. The third kappa shape index (κ3) is 4.63. The Labute approximate surface area is 121 Å². The summed E-state index contributed by atoms with van der Waals surface area (Å²) in [6, 6.07) is 2.73. The van der Waals surface area contributed by atoms with Gasteiger partial charge in [-0.25, -0.2) is 0 Å². The van der Waals surface area contributed by atoms with Crippen LogP contribution in [-0.2, 0) is 4.79 Å². The van der Waals surface area contributed by atoms with Crippen LogP contribution in [-0.4, -0.2) is 44.2 Å². The number of hydrogen-bond acceptors (Lipinski definition) is 3. The molecule has 0 radical (unpaired) electrons. The van der Waals surface area contributed by atoms with Crippen molar-refractivity contribution < 1.29 is 22.7 Å². The summed E-state index contributed by atoms with van der Waals surface area (Å²) in [6.07, 6.45) is -4.57. The summed E-state index contributed by atoms with van der Waals surface area (Å²) in [5.74, 6) is -0.231. The molecule has 0 fully saturated rings. The van der Waals surface area contributed by atoms with Crippen molar-refractivity contribution >= 4 is 5.91 Å². The first-order valence-electron chi connectivity index (χ1n) is 6.34. The lowest BCUT2D eigenvalue weighted by molar-refractivity contribution is -0.164. The van der Waals surface area contributed by atoms with Gasteiger partial charge in [0.25, 0.3) is 0 Å². The summed E-state index contributed by atoms with van der Waals surface area (Å²) in [5.41, 5.74) is -0.0393. The molecule has 0 spiro atoms. The van der Waals surface area contributed by atoms with Crippen LogP contribution in [0.5, 0.6) is 5.75 Å². The van der Waals surface area contributed by atoms with E-state index < -0.39 is 24.2 Å². The lowest BCUT2D eigenvalue weighted by Gasteiger charge is -2.26. The fraction of sp³-hybridized carbons (Fsp3) is 0.500. The first-order valence-corrected chi connectivity index (χ1v) is 6.34. The Kier molecular flexibility index (Phi) is 5.60. The molecule has 1 aromatic carbocycles. The smallest absolute Gasteiger partial charge is 0.412 e. The highest BCUT2D eigenvalue weighted by Gasteiger charge is 2.42. The third-order valence-electron chi connectivity index (χ3n) is 3.22. The van der Waals surface area contributed by atoms with Crippen LogP contribution in [0.3, 0.4) is 0 Å². The first-order chi connectivity index (χ1) is 9.66. The fourth-order valence-corrected chi connectivity index (χ4v) is 1.65. The van der Waals surface area contributed by atoms with E-state index in [0.29, 0.717) is 5.75 Å². The molecule has 0 saturated carbocycles. The highest BCUT2D eigenvalue weighted by Crippen LogP contribution is 2.33. The van der Waals surface area contributed by atoms with Gasteiger partial charge in [-0.3, -0.25) is 9.69 Å². The van der Waals surface area contributed by atoms with Gasteiger partial charge in [-0.1, -0.05) is 12.1 Å². The second-order valence-electron chi connectivity index (χ2n) is 4.90. The van der Waals surface area contributed by atoms with E-state index in [0.717, 1.165) is 0 Å². The molecule has 1 N–H and O–H groups in total. The minimum atomic E-state index is -4.57. The van der Waals surface area contributed by atoms with Crippen molar-refractivity contribution in [3.63, 3.8) is 0 Å². The number of carbonyl (C=O) groups excluding carboxylic acids is 1. The van der Waals surface area contributed by atoms with Crippen molar-refractivity contribution in [2.75, 3.05) is 21.2 Å². The monoisotopic (exact) mass is 304 g/mol. The van der Waals surface area contributed by atoms with E-state index in [2.05, 4.69) is 0 Å². The summed E-state index contributed by atoms with van der Waals surface area (Å²) in [6.45, 7) is 1.54. The maximum atomic E-state index is 13.2. The van der Waals surface area contributed by atoms with Gasteiger partial charge in [-0.2, -0.15) is 13.2 Å². The molecule has 0 unspecified atom stereocenters. The van der Waals surface area contributed by atoms with Crippen molar-refractivity contribution in [1.29, 1.82) is 0 Å². The number of benzene rings is 1. The van der Waals surface area contributed by atoms with Crippen LogP contribution in [0.1, 0.15) is 18.5 Å². The number of hydrogen-bond donors (Lipinski definition) is 1. The van der Waals surface area contributed by atoms with E-state index in [1.165, 1.54) is 43.2 Å². The number of halogens is 3. The predicted octanol–water partition coefficient (Wildman–Crippen LogP) is 2.36. The zero-order chi connectivity index (χ0) is 16.2. The Balaban J connectivity index is 2.98. The van der Waals surface area contributed by atoms with Gasteiger partial charge in [0.2, 0.25) is 5.91 Å². The Hall–Kier alpha value is -1.76. The molecule has 0 aliphatic rings. The number of alkyl halides is 3. The average molecular weight is 304 g/mol. The van der Waals surface area contributed by atoms with Crippen LogP contribution in [0.15, 0.2) is 24.3 Å². The second kappa shape index (κ2) is 6.80. The molecule has 118 valence electrons. The summed E-state index contributed by atoms with van der Waals surface area (Å²) >= 11 is 0. The molecule has 1 amide bonds. The summed E-state index contributed by atoms with van der Waals surface area (Å²) < 4.78 is 44.4. The van der Waals surface area contributed by atoms with Gasteiger partial charge in [-0.15, -0.1) is 0 Å². The van der Waals surface area contributed by atoms with Crippen LogP contribution in [0.4, 0.5) is 13.2 Å². The second-order valence-corrected chi connectivity index (χ2v) is 4.90. The molecule has 0 aliphatic heterocycles. The number of ether oxygens (including phenoxy) is 1. The zero-order valence-electron chi connectivity index (χ0n) is 12.4. The van der Waals surface area contributed by atoms with E-state index in [1.54, 1.807) is 14.1 Å². The van der Waals surface area contributed by atoms with E-state index in [-0.39, 0.29) is 5.56 Å². The molecule has 0 heterocycles. The number of nitrogens with one attached hydrogen (secondary N) is 1. The van der Waals surface area contributed by atoms with Gasteiger partial charge in [0, 0.05) is 0 Å². The summed E-state index contributed by atoms with van der Waals surface area (Å²) in [5, 5.41) is 2.05.